The van der Waals surface area contributed by atoms with Gasteiger partial charge in [0.2, 0.25) is 0 Å². The Morgan fingerprint density at radius 3 is 2.31 bits per heavy atom. The second-order valence-electron chi connectivity index (χ2n) is 8.39. The van der Waals surface area contributed by atoms with E-state index in [1.54, 1.807) is 44.6 Å². The number of phenols is 1. The van der Waals surface area contributed by atoms with E-state index in [4.69, 9.17) is 9.47 Å². The fraction of sp³-hybridized carbons (Fsp3) is 0.214. The molecule has 7 heteroatoms. The number of carbonyl (C=O) groups is 2. The van der Waals surface area contributed by atoms with Gasteiger partial charge in [0.15, 0.2) is 11.5 Å². The zero-order valence-corrected chi connectivity index (χ0v) is 19.8. The summed E-state index contributed by atoms with van der Waals surface area (Å²) in [6, 6.07) is 18.1. The Morgan fingerprint density at radius 2 is 1.66 bits per heavy atom. The van der Waals surface area contributed by atoms with Gasteiger partial charge in [-0.05, 0) is 48.7 Å². The third-order valence-electron chi connectivity index (χ3n) is 6.14. The second-order valence-corrected chi connectivity index (χ2v) is 8.39. The van der Waals surface area contributed by atoms with Gasteiger partial charge in [0.25, 0.3) is 11.7 Å². The van der Waals surface area contributed by atoms with Crippen LogP contribution in [0, 0.1) is 6.92 Å². The molecule has 1 heterocycles. The van der Waals surface area contributed by atoms with Gasteiger partial charge in [0.1, 0.15) is 11.5 Å². The number of benzene rings is 3. The normalized spacial score (nSPS) is 17.0. The van der Waals surface area contributed by atoms with Gasteiger partial charge in [-0.3, -0.25) is 9.59 Å². The lowest BCUT2D eigenvalue weighted by molar-refractivity contribution is -0.139. The number of nitrogens with zero attached hydrogens (tertiary/aromatic N) is 1. The first kappa shape index (κ1) is 23.9. The fourth-order valence-corrected chi connectivity index (χ4v) is 4.30. The van der Waals surface area contributed by atoms with Crippen LogP contribution in [0.2, 0.25) is 0 Å². The van der Waals surface area contributed by atoms with Crippen molar-refractivity contribution in [3.05, 3.63) is 94.6 Å². The third-order valence-corrected chi connectivity index (χ3v) is 6.14. The number of aliphatic hydroxyl groups excluding tert-OH is 1. The standard InChI is InChI=1S/C28H27NO6/c1-17-7-10-19(11-8-17)26(31)24-25(20-5-4-6-21(30)16-20)29(28(33)27(24)32)14-13-18-9-12-22(34-2)23(15-18)35-3/h4-12,15-16,25,30-31H,13-14H2,1-3H3. The Labute approximate surface area is 203 Å². The highest BCUT2D eigenvalue weighted by Crippen LogP contribution is 2.40. The lowest BCUT2D eigenvalue weighted by Gasteiger charge is -2.25. The van der Waals surface area contributed by atoms with E-state index >= 15 is 0 Å². The number of aromatic hydroxyl groups is 1. The van der Waals surface area contributed by atoms with E-state index in [9.17, 15) is 19.8 Å². The molecule has 3 aromatic carbocycles. The predicted octanol–water partition coefficient (Wildman–Crippen LogP) is 4.38. The molecule has 3 aromatic rings. The van der Waals surface area contributed by atoms with Crippen molar-refractivity contribution in [2.45, 2.75) is 19.4 Å². The molecule has 2 N–H and O–H groups in total. The van der Waals surface area contributed by atoms with Gasteiger partial charge in [0, 0.05) is 12.1 Å². The molecule has 0 bridgehead atoms. The number of rotatable bonds is 7. The first-order valence-electron chi connectivity index (χ1n) is 11.2. The molecule has 1 unspecified atom stereocenters. The molecule has 180 valence electrons. The summed E-state index contributed by atoms with van der Waals surface area (Å²) in [5, 5.41) is 21.2. The van der Waals surface area contributed by atoms with Gasteiger partial charge in [0.05, 0.1) is 25.8 Å². The number of hydrogen-bond acceptors (Lipinski definition) is 6. The predicted molar refractivity (Wildman–Crippen MR) is 132 cm³/mol. The van der Waals surface area contributed by atoms with E-state index in [-0.39, 0.29) is 23.6 Å². The number of carbonyl (C=O) groups excluding carboxylic acids is 2. The van der Waals surface area contributed by atoms with Crippen LogP contribution in [0.15, 0.2) is 72.3 Å². The van der Waals surface area contributed by atoms with Crippen molar-refractivity contribution in [3.8, 4) is 17.2 Å². The van der Waals surface area contributed by atoms with E-state index in [2.05, 4.69) is 0 Å². The number of methoxy groups -OCH3 is 2. The monoisotopic (exact) mass is 473 g/mol. The van der Waals surface area contributed by atoms with Crippen LogP contribution in [0.3, 0.4) is 0 Å². The number of amides is 1. The zero-order chi connectivity index (χ0) is 25.1. The van der Waals surface area contributed by atoms with Gasteiger partial charge in [-0.25, -0.2) is 0 Å². The summed E-state index contributed by atoms with van der Waals surface area (Å²) in [4.78, 5) is 27.7. The first-order chi connectivity index (χ1) is 16.8. The molecule has 1 aliphatic rings. The van der Waals surface area contributed by atoms with Crippen LogP contribution >= 0.6 is 0 Å². The number of phenolic OH excluding ortho intramolecular Hbond substituents is 1. The van der Waals surface area contributed by atoms with Crippen LogP contribution in [0.1, 0.15) is 28.3 Å². The molecule has 0 aromatic heterocycles. The molecule has 7 nitrogen and oxygen atoms in total. The SMILES string of the molecule is COc1ccc(CCN2C(=O)C(=O)C(=C(O)c3ccc(C)cc3)C2c2cccc(O)c2)cc1OC. The molecule has 1 atom stereocenters. The van der Waals surface area contributed by atoms with E-state index < -0.39 is 17.7 Å². The Balaban J connectivity index is 1.74. The van der Waals surface area contributed by atoms with Crippen molar-refractivity contribution in [1.29, 1.82) is 0 Å². The maximum Gasteiger partial charge on any atom is 0.295 e. The molecular formula is C28H27NO6. The highest BCUT2D eigenvalue weighted by atomic mass is 16.5. The molecule has 0 aliphatic carbocycles. The van der Waals surface area contributed by atoms with Crippen molar-refractivity contribution in [2.75, 3.05) is 20.8 Å². The average molecular weight is 474 g/mol. The molecule has 0 saturated carbocycles. The van der Waals surface area contributed by atoms with Crippen LogP contribution in [-0.4, -0.2) is 47.6 Å². The first-order valence-corrected chi connectivity index (χ1v) is 11.2. The molecule has 0 radical (unpaired) electrons. The Bertz CT molecular complexity index is 1300. The van der Waals surface area contributed by atoms with Crippen LogP contribution in [0.5, 0.6) is 17.2 Å². The Hall–Kier alpha value is -4.26. The minimum Gasteiger partial charge on any atom is -0.508 e. The minimum atomic E-state index is -0.844. The van der Waals surface area contributed by atoms with Crippen molar-refractivity contribution in [1.82, 2.24) is 4.90 Å². The summed E-state index contributed by atoms with van der Waals surface area (Å²) < 4.78 is 10.7. The summed E-state index contributed by atoms with van der Waals surface area (Å²) in [5.74, 6) is -0.546. The van der Waals surface area contributed by atoms with E-state index in [0.29, 0.717) is 29.0 Å². The molecule has 1 saturated heterocycles. The zero-order valence-electron chi connectivity index (χ0n) is 19.8. The fourth-order valence-electron chi connectivity index (χ4n) is 4.30. The Morgan fingerprint density at radius 1 is 0.943 bits per heavy atom. The number of likely N-dealkylation sites (tertiary alicyclic amines) is 1. The third kappa shape index (κ3) is 4.71. The highest BCUT2D eigenvalue weighted by Gasteiger charge is 2.45. The molecule has 1 aliphatic heterocycles. The Kier molecular flexibility index (Phi) is 6.78. The second kappa shape index (κ2) is 9.93. The van der Waals surface area contributed by atoms with E-state index in [0.717, 1.165) is 11.1 Å². The van der Waals surface area contributed by atoms with E-state index in [1.807, 2.05) is 31.2 Å². The lowest BCUT2D eigenvalue weighted by atomic mass is 9.94. The maximum absolute atomic E-state index is 13.2. The van der Waals surface area contributed by atoms with E-state index in [1.165, 1.54) is 17.0 Å². The molecule has 4 rings (SSSR count). The number of Topliss-reactive ketones (excluding diaryl/α,β-unsaturated/α-hetero) is 1. The van der Waals surface area contributed by atoms with Crippen molar-refractivity contribution in [3.63, 3.8) is 0 Å². The number of ketones is 1. The summed E-state index contributed by atoms with van der Waals surface area (Å²) in [6.45, 7) is 2.13. The summed E-state index contributed by atoms with van der Waals surface area (Å²) in [7, 11) is 3.10. The van der Waals surface area contributed by atoms with Gasteiger partial charge in [-0.1, -0.05) is 48.0 Å². The summed E-state index contributed by atoms with van der Waals surface area (Å²) >= 11 is 0. The van der Waals surface area contributed by atoms with Crippen LogP contribution in [0.4, 0.5) is 0 Å². The lowest BCUT2D eigenvalue weighted by Crippen LogP contribution is -2.31. The van der Waals surface area contributed by atoms with Gasteiger partial charge in [-0.2, -0.15) is 0 Å². The summed E-state index contributed by atoms with van der Waals surface area (Å²) in [6.07, 6.45) is 0.438. The topological polar surface area (TPSA) is 96.3 Å². The van der Waals surface area contributed by atoms with Crippen molar-refractivity contribution < 1.29 is 29.3 Å². The molecule has 35 heavy (non-hydrogen) atoms. The average Bonchev–Trinajstić information content (AvgIpc) is 3.12. The minimum absolute atomic E-state index is 0.00300. The summed E-state index contributed by atoms with van der Waals surface area (Å²) in [5.41, 5.74) is 2.86. The molecule has 1 fully saturated rings. The largest absolute Gasteiger partial charge is 0.508 e. The molecule has 0 spiro atoms. The van der Waals surface area contributed by atoms with Gasteiger partial charge < -0.3 is 24.6 Å². The molecular weight excluding hydrogens is 446 g/mol. The number of aryl methyl sites for hydroxylation is 1. The van der Waals surface area contributed by atoms with Gasteiger partial charge >= 0.3 is 0 Å². The van der Waals surface area contributed by atoms with Gasteiger partial charge in [-0.15, -0.1) is 0 Å². The number of hydrogen-bond donors (Lipinski definition) is 2. The van der Waals surface area contributed by atoms with Crippen LogP contribution < -0.4 is 9.47 Å². The number of aliphatic hydroxyl groups is 1. The molecule has 1 amide bonds. The van der Waals surface area contributed by atoms with Crippen LogP contribution in [0.25, 0.3) is 5.76 Å². The smallest absolute Gasteiger partial charge is 0.295 e. The van der Waals surface area contributed by atoms with Crippen molar-refractivity contribution >= 4 is 17.4 Å². The maximum atomic E-state index is 13.2. The quantitative estimate of drug-likeness (QED) is 0.300. The highest BCUT2D eigenvalue weighted by molar-refractivity contribution is 6.46. The number of ether oxygens (including phenoxy) is 2. The van der Waals surface area contributed by atoms with Crippen LogP contribution in [-0.2, 0) is 16.0 Å². The van der Waals surface area contributed by atoms with Crippen molar-refractivity contribution in [2.24, 2.45) is 0 Å².